The van der Waals surface area contributed by atoms with Crippen LogP contribution in [0.3, 0.4) is 0 Å². The zero-order chi connectivity index (χ0) is 16.9. The highest BCUT2D eigenvalue weighted by molar-refractivity contribution is 14.0. The summed E-state index contributed by atoms with van der Waals surface area (Å²) in [6.45, 7) is 3.26. The van der Waals surface area contributed by atoms with E-state index < -0.39 is 11.9 Å². The van der Waals surface area contributed by atoms with Crippen molar-refractivity contribution >= 4 is 41.3 Å². The van der Waals surface area contributed by atoms with Crippen molar-refractivity contribution in [3.8, 4) is 0 Å². The first-order valence-corrected chi connectivity index (χ1v) is 7.91. The predicted octanol–water partition coefficient (Wildman–Crippen LogP) is 3.37. The van der Waals surface area contributed by atoms with Gasteiger partial charge in [0.15, 0.2) is 11.7 Å². The Morgan fingerprint density at radius 2 is 2.12 bits per heavy atom. The number of rotatable bonds is 5. The maximum Gasteiger partial charge on any atom is 0.434 e. The maximum absolute atomic E-state index is 12.5. The molecule has 0 atom stereocenters. The number of hydrogen-bond acceptors (Lipinski definition) is 3. The molecule has 0 saturated heterocycles. The second-order valence-corrected chi connectivity index (χ2v) is 5.80. The van der Waals surface area contributed by atoms with Gasteiger partial charge in [0, 0.05) is 31.4 Å². The van der Waals surface area contributed by atoms with Gasteiger partial charge in [0.25, 0.3) is 0 Å². The molecular weight excluding hydrogens is 454 g/mol. The fourth-order valence-electron chi connectivity index (χ4n) is 1.85. The van der Waals surface area contributed by atoms with Crippen molar-refractivity contribution in [1.29, 1.82) is 0 Å². The molecule has 0 aromatic carbocycles. The summed E-state index contributed by atoms with van der Waals surface area (Å²) < 4.78 is 39.5. The Morgan fingerprint density at radius 3 is 2.67 bits per heavy atom. The van der Waals surface area contributed by atoms with E-state index in [1.807, 2.05) is 37.0 Å². The minimum atomic E-state index is -4.40. The van der Waals surface area contributed by atoms with Crippen LogP contribution in [0.5, 0.6) is 0 Å². The summed E-state index contributed by atoms with van der Waals surface area (Å²) in [5, 5.41) is 7.43. The van der Waals surface area contributed by atoms with Crippen LogP contribution in [0.1, 0.15) is 23.2 Å². The van der Waals surface area contributed by atoms with E-state index in [0.717, 1.165) is 22.3 Å². The zero-order valence-electron chi connectivity index (χ0n) is 13.2. The van der Waals surface area contributed by atoms with E-state index >= 15 is 0 Å². The van der Waals surface area contributed by atoms with Crippen LogP contribution in [0.4, 0.5) is 13.2 Å². The van der Waals surface area contributed by atoms with Crippen LogP contribution in [0.2, 0.25) is 0 Å². The number of hydrogen-bond donors (Lipinski definition) is 2. The Morgan fingerprint density at radius 1 is 1.38 bits per heavy atom. The molecule has 0 saturated carbocycles. The summed E-state index contributed by atoms with van der Waals surface area (Å²) in [6.07, 6.45) is -0.510. The Hall–Kier alpha value is -1.30. The first-order chi connectivity index (χ1) is 10.9. The standard InChI is InChI=1S/C14H18F3N5S.HI/c1-3-18-13(19-6-10-4-5-22(2)8-10)20-7-12-21-11(9-23-12)14(15,16)17;/h4-5,8-9H,3,6-7H2,1-2H3,(H2,18,19,20);1H. The summed E-state index contributed by atoms with van der Waals surface area (Å²) in [4.78, 5) is 7.98. The SMILES string of the molecule is CCNC(=NCc1ccn(C)c1)NCc1nc(C(F)(F)F)cs1.I. The number of nitrogens with zero attached hydrogens (tertiary/aromatic N) is 3. The van der Waals surface area contributed by atoms with Crippen molar-refractivity contribution in [2.75, 3.05) is 6.54 Å². The lowest BCUT2D eigenvalue weighted by Gasteiger charge is -2.09. The molecule has 2 aromatic rings. The first-order valence-electron chi connectivity index (χ1n) is 7.03. The van der Waals surface area contributed by atoms with Gasteiger partial charge in [-0.25, -0.2) is 9.98 Å². The molecule has 5 nitrogen and oxygen atoms in total. The Kier molecular flexibility index (Phi) is 8.00. The second-order valence-electron chi connectivity index (χ2n) is 4.86. The molecule has 0 unspecified atom stereocenters. The number of alkyl halides is 3. The largest absolute Gasteiger partial charge is 0.434 e. The zero-order valence-corrected chi connectivity index (χ0v) is 16.4. The molecule has 0 fully saturated rings. The average molecular weight is 473 g/mol. The summed E-state index contributed by atoms with van der Waals surface area (Å²) in [7, 11) is 1.93. The van der Waals surface area contributed by atoms with Gasteiger partial charge < -0.3 is 15.2 Å². The monoisotopic (exact) mass is 473 g/mol. The van der Waals surface area contributed by atoms with Crippen molar-refractivity contribution in [2.45, 2.75) is 26.2 Å². The molecule has 0 radical (unpaired) electrons. The minimum absolute atomic E-state index is 0. The number of aliphatic imine (C=N–C) groups is 1. The fourth-order valence-corrected chi connectivity index (χ4v) is 2.59. The minimum Gasteiger partial charge on any atom is -0.357 e. The van der Waals surface area contributed by atoms with E-state index in [2.05, 4.69) is 20.6 Å². The van der Waals surface area contributed by atoms with Gasteiger partial charge in [-0.1, -0.05) is 0 Å². The highest BCUT2D eigenvalue weighted by Crippen LogP contribution is 2.29. The molecule has 0 bridgehead atoms. The van der Waals surface area contributed by atoms with Crippen molar-refractivity contribution in [3.05, 3.63) is 40.1 Å². The summed E-state index contributed by atoms with van der Waals surface area (Å²) in [5.41, 5.74) is 0.198. The maximum atomic E-state index is 12.5. The molecule has 0 amide bonds. The Labute approximate surface area is 159 Å². The van der Waals surface area contributed by atoms with Gasteiger partial charge in [0.2, 0.25) is 0 Å². The van der Waals surface area contributed by atoms with Crippen LogP contribution >= 0.6 is 35.3 Å². The summed E-state index contributed by atoms with van der Waals surface area (Å²) >= 11 is 0.975. The second kappa shape index (κ2) is 9.25. The van der Waals surface area contributed by atoms with Gasteiger partial charge in [-0.15, -0.1) is 35.3 Å². The molecule has 2 heterocycles. The van der Waals surface area contributed by atoms with E-state index in [1.54, 1.807) is 0 Å². The van der Waals surface area contributed by atoms with Crippen LogP contribution in [0.25, 0.3) is 0 Å². The smallest absolute Gasteiger partial charge is 0.357 e. The lowest BCUT2D eigenvalue weighted by atomic mass is 10.3. The van der Waals surface area contributed by atoms with Gasteiger partial charge >= 0.3 is 6.18 Å². The highest BCUT2D eigenvalue weighted by atomic mass is 127. The predicted molar refractivity (Wildman–Crippen MR) is 99.6 cm³/mol. The quantitative estimate of drug-likeness (QED) is 0.398. The van der Waals surface area contributed by atoms with Crippen LogP contribution in [-0.4, -0.2) is 22.1 Å². The van der Waals surface area contributed by atoms with Gasteiger partial charge in [0.05, 0.1) is 13.1 Å². The molecule has 0 spiro atoms. The van der Waals surface area contributed by atoms with E-state index in [-0.39, 0.29) is 30.5 Å². The van der Waals surface area contributed by atoms with E-state index in [1.165, 1.54) is 0 Å². The molecule has 2 rings (SSSR count). The van der Waals surface area contributed by atoms with Crippen molar-refractivity contribution < 1.29 is 13.2 Å². The molecule has 134 valence electrons. The van der Waals surface area contributed by atoms with Crippen LogP contribution in [-0.2, 0) is 26.3 Å². The number of guanidine groups is 1. The normalized spacial score (nSPS) is 12.0. The Bertz CT molecular complexity index is 665. The van der Waals surface area contributed by atoms with Gasteiger partial charge in [-0.3, -0.25) is 0 Å². The molecule has 2 N–H and O–H groups in total. The first kappa shape index (κ1) is 20.7. The third kappa shape index (κ3) is 6.30. The highest BCUT2D eigenvalue weighted by Gasteiger charge is 2.33. The van der Waals surface area contributed by atoms with E-state index in [0.29, 0.717) is 24.1 Å². The fraction of sp³-hybridized carbons (Fsp3) is 0.429. The van der Waals surface area contributed by atoms with Crippen molar-refractivity contribution in [3.63, 3.8) is 0 Å². The van der Waals surface area contributed by atoms with E-state index in [9.17, 15) is 13.2 Å². The molecule has 2 aromatic heterocycles. The molecule has 0 aliphatic heterocycles. The third-order valence-electron chi connectivity index (χ3n) is 2.91. The number of aromatic nitrogens is 2. The molecule has 24 heavy (non-hydrogen) atoms. The summed E-state index contributed by atoms with van der Waals surface area (Å²) in [6, 6.07) is 1.96. The van der Waals surface area contributed by atoms with Crippen LogP contribution in [0.15, 0.2) is 28.8 Å². The molecule has 0 aliphatic carbocycles. The summed E-state index contributed by atoms with van der Waals surface area (Å²) in [5.74, 6) is 0.542. The van der Waals surface area contributed by atoms with Crippen LogP contribution < -0.4 is 10.6 Å². The lowest BCUT2D eigenvalue weighted by Crippen LogP contribution is -2.36. The number of thiazole rings is 1. The average Bonchev–Trinajstić information content (AvgIpc) is 3.10. The van der Waals surface area contributed by atoms with Crippen molar-refractivity contribution in [2.24, 2.45) is 12.0 Å². The Balaban J connectivity index is 0.00000288. The van der Waals surface area contributed by atoms with Crippen molar-refractivity contribution in [1.82, 2.24) is 20.2 Å². The molecular formula is C14H19F3IN5S. The number of nitrogens with one attached hydrogen (secondary N) is 2. The molecule has 10 heteroatoms. The van der Waals surface area contributed by atoms with Gasteiger partial charge in [-0.2, -0.15) is 13.2 Å². The number of halogens is 4. The van der Waals surface area contributed by atoms with Gasteiger partial charge in [-0.05, 0) is 18.6 Å². The topological polar surface area (TPSA) is 54.2 Å². The lowest BCUT2D eigenvalue weighted by molar-refractivity contribution is -0.140. The molecule has 0 aliphatic rings. The van der Waals surface area contributed by atoms with Gasteiger partial charge in [0.1, 0.15) is 5.01 Å². The third-order valence-corrected chi connectivity index (χ3v) is 3.76. The number of aryl methyl sites for hydroxylation is 1. The van der Waals surface area contributed by atoms with E-state index in [4.69, 9.17) is 0 Å². The van der Waals surface area contributed by atoms with Crippen LogP contribution in [0, 0.1) is 0 Å².